The van der Waals surface area contributed by atoms with E-state index in [1.807, 2.05) is 72.9 Å². The van der Waals surface area contributed by atoms with Crippen molar-refractivity contribution in [2.24, 2.45) is 18.9 Å². The van der Waals surface area contributed by atoms with E-state index in [2.05, 4.69) is 34.7 Å². The molecule has 1 aliphatic carbocycles. The van der Waals surface area contributed by atoms with Gasteiger partial charge in [0.25, 0.3) is 0 Å². The van der Waals surface area contributed by atoms with E-state index in [0.29, 0.717) is 51.8 Å². The lowest BCUT2D eigenvalue weighted by molar-refractivity contribution is -0.145. The Balaban J connectivity index is 1.01. The number of rotatable bonds is 13. The van der Waals surface area contributed by atoms with Crippen molar-refractivity contribution in [3.63, 3.8) is 0 Å². The third kappa shape index (κ3) is 9.42. The van der Waals surface area contributed by atoms with Crippen molar-refractivity contribution in [1.82, 2.24) is 20.0 Å². The number of nitrogens with one attached hydrogen (secondary N) is 1. The Hall–Kier alpha value is -4.66. The third-order valence-corrected chi connectivity index (χ3v) is 8.82. The van der Waals surface area contributed by atoms with Gasteiger partial charge >= 0.3 is 5.97 Å². The van der Waals surface area contributed by atoms with Gasteiger partial charge in [-0.2, -0.15) is 5.10 Å². The van der Waals surface area contributed by atoms with Crippen LogP contribution in [0.4, 0.5) is 0 Å². The maximum absolute atomic E-state index is 13.0. The van der Waals surface area contributed by atoms with Gasteiger partial charge in [-0.3, -0.25) is 14.3 Å². The van der Waals surface area contributed by atoms with Crippen LogP contribution in [0, 0.1) is 11.8 Å². The molecule has 46 heavy (non-hydrogen) atoms. The van der Waals surface area contributed by atoms with Gasteiger partial charge < -0.3 is 19.7 Å². The Morgan fingerprint density at radius 3 is 2.41 bits per heavy atom. The number of hydrogen-bond donors (Lipinski definition) is 1. The minimum Gasteiger partial charge on any atom is -0.489 e. The van der Waals surface area contributed by atoms with E-state index < -0.39 is 12.0 Å². The highest BCUT2D eigenvalue weighted by Gasteiger charge is 2.28. The number of carbonyl (C=O) groups is 3. The summed E-state index contributed by atoms with van der Waals surface area (Å²) in [6.07, 6.45) is 14.0. The summed E-state index contributed by atoms with van der Waals surface area (Å²) in [4.78, 5) is 40.4. The zero-order valence-corrected chi connectivity index (χ0v) is 26.8. The second kappa shape index (κ2) is 16.1. The Labute approximate surface area is 271 Å². The van der Waals surface area contributed by atoms with Crippen LogP contribution in [-0.4, -0.2) is 58.7 Å². The lowest BCUT2D eigenvalue weighted by Gasteiger charge is -2.32. The van der Waals surface area contributed by atoms with Gasteiger partial charge in [-0.25, -0.2) is 4.79 Å². The molecule has 9 heteroatoms. The van der Waals surface area contributed by atoms with Gasteiger partial charge in [-0.1, -0.05) is 60.7 Å². The molecular weight excluding hydrogens is 580 g/mol. The Morgan fingerprint density at radius 2 is 1.76 bits per heavy atom. The smallest absolute Gasteiger partial charge is 0.328 e. The maximum Gasteiger partial charge on any atom is 0.328 e. The van der Waals surface area contributed by atoms with Gasteiger partial charge in [0.2, 0.25) is 11.8 Å². The highest BCUT2D eigenvalue weighted by molar-refractivity contribution is 5.84. The normalized spacial score (nSPS) is 17.2. The van der Waals surface area contributed by atoms with Crippen LogP contribution >= 0.6 is 0 Å². The van der Waals surface area contributed by atoms with E-state index >= 15 is 0 Å². The number of amides is 2. The molecule has 1 N–H and O–H groups in total. The number of ether oxygens (including phenoxy) is 2. The molecule has 9 nitrogen and oxygen atoms in total. The van der Waals surface area contributed by atoms with Gasteiger partial charge in [0.1, 0.15) is 18.4 Å². The first-order valence-corrected chi connectivity index (χ1v) is 16.1. The van der Waals surface area contributed by atoms with E-state index in [0.717, 1.165) is 40.9 Å². The predicted molar refractivity (Wildman–Crippen MR) is 176 cm³/mol. The van der Waals surface area contributed by atoms with E-state index in [4.69, 9.17) is 9.47 Å². The van der Waals surface area contributed by atoms with Crippen LogP contribution in [0.1, 0.15) is 49.7 Å². The predicted octanol–water partition coefficient (Wildman–Crippen LogP) is 5.37. The van der Waals surface area contributed by atoms with Crippen LogP contribution in [0.3, 0.4) is 0 Å². The topological polar surface area (TPSA) is 103 Å². The summed E-state index contributed by atoms with van der Waals surface area (Å²) in [5.74, 6) is 0.611. The monoisotopic (exact) mass is 624 g/mol. The van der Waals surface area contributed by atoms with Crippen molar-refractivity contribution in [3.05, 3.63) is 102 Å². The second-order valence-corrected chi connectivity index (χ2v) is 12.2. The minimum atomic E-state index is -0.715. The average Bonchev–Trinajstić information content (AvgIpc) is 3.53. The van der Waals surface area contributed by atoms with Gasteiger partial charge in [-0.05, 0) is 72.8 Å². The third-order valence-electron chi connectivity index (χ3n) is 8.82. The van der Waals surface area contributed by atoms with E-state index in [-0.39, 0.29) is 23.7 Å². The molecule has 1 saturated heterocycles. The van der Waals surface area contributed by atoms with Crippen LogP contribution in [-0.2, 0) is 43.9 Å². The number of hydrogen-bond acceptors (Lipinski definition) is 6. The zero-order valence-electron chi connectivity index (χ0n) is 26.8. The quantitative estimate of drug-likeness (QED) is 0.257. The summed E-state index contributed by atoms with van der Waals surface area (Å²) in [7, 11) is 3.24. The van der Waals surface area contributed by atoms with E-state index in [1.165, 1.54) is 7.11 Å². The molecule has 2 atom stereocenters. The SMILES string of the molecule is COC(=O)[C@H](CC1C=CC(OCc2ccccc2)=CC1)NC(=O)CC1CCN(C(=O)CCc2ccc(-c3cnn(C)c3)cc2)CC1. The van der Waals surface area contributed by atoms with Gasteiger partial charge in [0, 0.05) is 44.7 Å². The molecule has 2 aliphatic rings. The number of esters is 1. The summed E-state index contributed by atoms with van der Waals surface area (Å²) in [5, 5.41) is 7.15. The van der Waals surface area contributed by atoms with Gasteiger partial charge in [-0.15, -0.1) is 0 Å². The van der Waals surface area contributed by atoms with Crippen LogP contribution in [0.25, 0.3) is 11.1 Å². The van der Waals surface area contributed by atoms with Crippen LogP contribution in [0.15, 0.2) is 91.0 Å². The Morgan fingerprint density at radius 1 is 1.00 bits per heavy atom. The largest absolute Gasteiger partial charge is 0.489 e. The van der Waals surface area contributed by atoms with E-state index in [9.17, 15) is 14.4 Å². The van der Waals surface area contributed by atoms with Crippen molar-refractivity contribution in [2.45, 2.75) is 57.6 Å². The van der Waals surface area contributed by atoms with Crippen molar-refractivity contribution >= 4 is 17.8 Å². The fourth-order valence-corrected chi connectivity index (χ4v) is 6.07. The molecule has 0 spiro atoms. The highest BCUT2D eigenvalue weighted by atomic mass is 16.5. The minimum absolute atomic E-state index is 0.0850. The summed E-state index contributed by atoms with van der Waals surface area (Å²) >= 11 is 0. The zero-order chi connectivity index (χ0) is 32.3. The number of nitrogens with zero attached hydrogens (tertiary/aromatic N) is 3. The second-order valence-electron chi connectivity index (χ2n) is 12.2. The molecule has 1 aromatic heterocycles. The molecule has 0 radical (unpaired) electrons. The van der Waals surface area contributed by atoms with Crippen LogP contribution in [0.5, 0.6) is 0 Å². The van der Waals surface area contributed by atoms with Crippen LogP contribution in [0.2, 0.25) is 0 Å². The Kier molecular flexibility index (Phi) is 11.4. The summed E-state index contributed by atoms with van der Waals surface area (Å²) in [5.41, 5.74) is 4.41. The molecule has 5 rings (SSSR count). The molecular formula is C37H44N4O5. The number of piperidine rings is 1. The van der Waals surface area contributed by atoms with Crippen molar-refractivity contribution in [3.8, 4) is 11.1 Å². The molecule has 2 amide bonds. The number of carbonyl (C=O) groups excluding carboxylic acids is 3. The molecule has 0 saturated carbocycles. The first-order chi connectivity index (χ1) is 22.4. The van der Waals surface area contributed by atoms with Crippen LogP contribution < -0.4 is 5.32 Å². The lowest BCUT2D eigenvalue weighted by Crippen LogP contribution is -2.44. The molecule has 1 aliphatic heterocycles. The standard InChI is InChI=1S/C37H44N4O5/c1-40-25-32(24-38-40)31-13-8-27(9-14-31)12-17-36(43)41-20-18-29(19-21-41)23-35(42)39-34(37(44)45-2)22-28-10-15-33(16-11-28)46-26-30-6-4-3-5-7-30/h3-10,13-16,24-25,28-29,34H,11-12,17-23,26H2,1-2H3,(H,39,42)/t28?,34-/m0/s1. The Bertz CT molecular complexity index is 1520. The van der Waals surface area contributed by atoms with Gasteiger partial charge in [0.05, 0.1) is 13.3 Å². The molecule has 2 heterocycles. The average molecular weight is 625 g/mol. The first-order valence-electron chi connectivity index (χ1n) is 16.1. The molecule has 2 aromatic carbocycles. The van der Waals surface area contributed by atoms with Gasteiger partial charge in [0.15, 0.2) is 0 Å². The summed E-state index contributed by atoms with van der Waals surface area (Å²) < 4.78 is 12.7. The summed E-state index contributed by atoms with van der Waals surface area (Å²) in [6, 6.07) is 17.6. The maximum atomic E-state index is 13.0. The number of allylic oxidation sites excluding steroid dienone is 3. The highest BCUT2D eigenvalue weighted by Crippen LogP contribution is 2.25. The molecule has 242 valence electrons. The molecule has 3 aromatic rings. The first kappa shape index (κ1) is 32.7. The fraction of sp³-hybridized carbons (Fsp3) is 0.405. The number of aryl methyl sites for hydroxylation is 2. The number of methoxy groups -OCH3 is 1. The lowest BCUT2D eigenvalue weighted by atomic mass is 9.91. The number of benzene rings is 2. The number of likely N-dealkylation sites (tertiary alicyclic amines) is 1. The van der Waals surface area contributed by atoms with E-state index in [1.54, 1.807) is 4.68 Å². The molecule has 0 bridgehead atoms. The molecule has 1 unspecified atom stereocenters. The number of aromatic nitrogens is 2. The summed E-state index contributed by atoms with van der Waals surface area (Å²) in [6.45, 7) is 1.79. The molecule has 1 fully saturated rings. The van der Waals surface area contributed by atoms with Crippen molar-refractivity contribution in [2.75, 3.05) is 20.2 Å². The van der Waals surface area contributed by atoms with Crippen molar-refractivity contribution < 1.29 is 23.9 Å². The fourth-order valence-electron chi connectivity index (χ4n) is 6.07. The van der Waals surface area contributed by atoms with Crippen molar-refractivity contribution in [1.29, 1.82) is 0 Å².